The monoisotopic (exact) mass is 198 g/mol. The number of ether oxygens (including phenoxy) is 1. The molecular formula is C9H10O5. The highest BCUT2D eigenvalue weighted by Gasteiger charge is 2.40. The molecule has 0 aromatic heterocycles. The fourth-order valence-electron chi connectivity index (χ4n) is 1.04. The van der Waals surface area contributed by atoms with Gasteiger partial charge in [-0.2, -0.15) is 5.26 Å². The molecule has 1 atom stereocenters. The first-order valence-electron chi connectivity index (χ1n) is 3.84. The molecule has 0 aliphatic rings. The maximum Gasteiger partial charge on any atom is 0.405 e. The van der Waals surface area contributed by atoms with E-state index in [1.165, 1.54) is 12.1 Å². The molecule has 1 aromatic carbocycles. The molecule has 0 amide bonds. The first-order valence-corrected chi connectivity index (χ1v) is 3.84. The Morgan fingerprint density at radius 2 is 1.93 bits per heavy atom. The molecule has 0 fully saturated rings. The van der Waals surface area contributed by atoms with E-state index in [0.29, 0.717) is 0 Å². The van der Waals surface area contributed by atoms with Crippen LogP contribution in [0.3, 0.4) is 0 Å². The van der Waals surface area contributed by atoms with E-state index in [9.17, 15) is 9.90 Å². The maximum atomic E-state index is 11.0. The zero-order chi connectivity index (χ0) is 10.6. The van der Waals surface area contributed by atoms with Crippen LogP contribution in [0, 0.1) is 0 Å². The quantitative estimate of drug-likeness (QED) is 0.420. The molecule has 0 bridgehead atoms. The Balaban J connectivity index is 3.08. The number of carbonyl (C=O) groups excluding carboxylic acids is 1. The molecule has 5 nitrogen and oxygen atoms in total. The van der Waals surface area contributed by atoms with E-state index in [1.54, 1.807) is 18.2 Å². The Morgan fingerprint density at radius 3 is 2.36 bits per heavy atom. The molecule has 0 radical (unpaired) electrons. The SMILES string of the molecule is COC(O)(C(=O)OO)c1ccccc1. The fraction of sp³-hybridized carbons (Fsp3) is 0.222. The van der Waals surface area contributed by atoms with Crippen molar-refractivity contribution in [2.75, 3.05) is 7.11 Å². The minimum absolute atomic E-state index is 0.182. The smallest absolute Gasteiger partial charge is 0.353 e. The van der Waals surface area contributed by atoms with Gasteiger partial charge in [-0.1, -0.05) is 30.3 Å². The first-order chi connectivity index (χ1) is 6.65. The Labute approximate surface area is 80.4 Å². The van der Waals surface area contributed by atoms with E-state index in [1.807, 2.05) is 0 Å². The average molecular weight is 198 g/mol. The van der Waals surface area contributed by atoms with Crippen molar-refractivity contribution in [2.45, 2.75) is 5.79 Å². The summed E-state index contributed by atoms with van der Waals surface area (Å²) in [6.07, 6.45) is 0. The molecular weight excluding hydrogens is 188 g/mol. The van der Waals surface area contributed by atoms with Crippen molar-refractivity contribution in [3.63, 3.8) is 0 Å². The minimum Gasteiger partial charge on any atom is -0.353 e. The maximum absolute atomic E-state index is 11.0. The van der Waals surface area contributed by atoms with E-state index in [2.05, 4.69) is 9.62 Å². The third-order valence-electron chi connectivity index (χ3n) is 1.82. The molecule has 2 N–H and O–H groups in total. The Kier molecular flexibility index (Phi) is 3.19. The van der Waals surface area contributed by atoms with Gasteiger partial charge in [0, 0.05) is 12.7 Å². The molecule has 0 aliphatic carbocycles. The van der Waals surface area contributed by atoms with E-state index < -0.39 is 11.8 Å². The van der Waals surface area contributed by atoms with Gasteiger partial charge in [-0.3, -0.25) is 4.89 Å². The summed E-state index contributed by atoms with van der Waals surface area (Å²) < 4.78 is 4.60. The van der Waals surface area contributed by atoms with Crippen molar-refractivity contribution in [1.82, 2.24) is 0 Å². The number of rotatable bonds is 3. The number of hydrogen-bond donors (Lipinski definition) is 2. The van der Waals surface area contributed by atoms with Gasteiger partial charge < -0.3 is 9.84 Å². The zero-order valence-electron chi connectivity index (χ0n) is 7.51. The van der Waals surface area contributed by atoms with Crippen molar-refractivity contribution < 1.29 is 24.8 Å². The molecule has 0 aliphatic heterocycles. The van der Waals surface area contributed by atoms with Crippen LogP contribution in [0.15, 0.2) is 30.3 Å². The van der Waals surface area contributed by atoms with Crippen LogP contribution in [0.25, 0.3) is 0 Å². The van der Waals surface area contributed by atoms with E-state index >= 15 is 0 Å². The van der Waals surface area contributed by atoms with Crippen molar-refractivity contribution in [3.8, 4) is 0 Å². The summed E-state index contributed by atoms with van der Waals surface area (Å²) in [5, 5.41) is 17.9. The summed E-state index contributed by atoms with van der Waals surface area (Å²) in [7, 11) is 1.13. The molecule has 0 spiro atoms. The standard InChI is InChI=1S/C9H10O5/c1-13-9(11,8(10)14-12)7-5-3-2-4-6-7/h2-6,11-12H,1H3. The molecule has 14 heavy (non-hydrogen) atoms. The molecule has 5 heteroatoms. The van der Waals surface area contributed by atoms with Crippen LogP contribution >= 0.6 is 0 Å². The summed E-state index contributed by atoms with van der Waals surface area (Å²) in [6.45, 7) is 0. The van der Waals surface area contributed by atoms with Crippen LogP contribution in [0.5, 0.6) is 0 Å². The van der Waals surface area contributed by atoms with Crippen LogP contribution in [-0.4, -0.2) is 23.4 Å². The number of aliphatic hydroxyl groups is 1. The lowest BCUT2D eigenvalue weighted by Crippen LogP contribution is -2.38. The second-order valence-electron chi connectivity index (χ2n) is 2.59. The van der Waals surface area contributed by atoms with Crippen LogP contribution in [0.4, 0.5) is 0 Å². The molecule has 1 aromatic rings. The highest BCUT2D eigenvalue weighted by atomic mass is 17.1. The summed E-state index contributed by atoms with van der Waals surface area (Å²) in [4.78, 5) is 14.5. The Morgan fingerprint density at radius 1 is 1.36 bits per heavy atom. The number of hydrogen-bond acceptors (Lipinski definition) is 5. The zero-order valence-corrected chi connectivity index (χ0v) is 7.51. The normalized spacial score (nSPS) is 14.5. The van der Waals surface area contributed by atoms with Crippen LogP contribution < -0.4 is 0 Å². The molecule has 0 heterocycles. The van der Waals surface area contributed by atoms with Gasteiger partial charge in [0.15, 0.2) is 0 Å². The predicted octanol–water partition coefficient (Wildman–Crippen LogP) is 0.494. The average Bonchev–Trinajstić information content (AvgIpc) is 2.28. The summed E-state index contributed by atoms with van der Waals surface area (Å²) in [6, 6.07) is 7.89. The van der Waals surface area contributed by atoms with Gasteiger partial charge in [-0.25, -0.2) is 4.79 Å². The first kappa shape index (κ1) is 10.6. The van der Waals surface area contributed by atoms with Crippen molar-refractivity contribution in [2.24, 2.45) is 0 Å². The Hall–Kier alpha value is -1.43. The largest absolute Gasteiger partial charge is 0.405 e. The van der Waals surface area contributed by atoms with Crippen LogP contribution in [-0.2, 0) is 20.2 Å². The fourth-order valence-corrected chi connectivity index (χ4v) is 1.04. The van der Waals surface area contributed by atoms with Gasteiger partial charge in [-0.05, 0) is 0 Å². The van der Waals surface area contributed by atoms with Crippen LogP contribution in [0.2, 0.25) is 0 Å². The van der Waals surface area contributed by atoms with E-state index in [0.717, 1.165) is 7.11 Å². The molecule has 76 valence electrons. The molecule has 1 unspecified atom stereocenters. The molecule has 1 rings (SSSR count). The van der Waals surface area contributed by atoms with Gasteiger partial charge in [0.2, 0.25) is 0 Å². The number of carbonyl (C=O) groups is 1. The topological polar surface area (TPSA) is 76.0 Å². The van der Waals surface area contributed by atoms with Gasteiger partial charge in [0.05, 0.1) is 0 Å². The third kappa shape index (κ3) is 1.74. The summed E-state index contributed by atoms with van der Waals surface area (Å²) in [5.74, 6) is -3.55. The summed E-state index contributed by atoms with van der Waals surface area (Å²) >= 11 is 0. The van der Waals surface area contributed by atoms with Crippen molar-refractivity contribution in [1.29, 1.82) is 0 Å². The van der Waals surface area contributed by atoms with Crippen LogP contribution in [0.1, 0.15) is 5.56 Å². The van der Waals surface area contributed by atoms with E-state index in [-0.39, 0.29) is 5.56 Å². The highest BCUT2D eigenvalue weighted by molar-refractivity contribution is 5.78. The van der Waals surface area contributed by atoms with Gasteiger partial charge in [0.25, 0.3) is 5.79 Å². The van der Waals surface area contributed by atoms with Gasteiger partial charge >= 0.3 is 5.97 Å². The van der Waals surface area contributed by atoms with Crippen molar-refractivity contribution >= 4 is 5.97 Å². The highest BCUT2D eigenvalue weighted by Crippen LogP contribution is 2.22. The summed E-state index contributed by atoms with van der Waals surface area (Å²) in [5.41, 5.74) is 0.182. The van der Waals surface area contributed by atoms with Gasteiger partial charge in [-0.15, -0.1) is 0 Å². The predicted molar refractivity (Wildman–Crippen MR) is 46.1 cm³/mol. The number of benzene rings is 1. The molecule has 0 saturated carbocycles. The lowest BCUT2D eigenvalue weighted by Gasteiger charge is -2.22. The third-order valence-corrected chi connectivity index (χ3v) is 1.82. The number of methoxy groups -OCH3 is 1. The van der Waals surface area contributed by atoms with Gasteiger partial charge in [0.1, 0.15) is 0 Å². The lowest BCUT2D eigenvalue weighted by molar-refractivity contribution is -0.285. The minimum atomic E-state index is -2.27. The van der Waals surface area contributed by atoms with E-state index in [4.69, 9.17) is 5.26 Å². The second-order valence-corrected chi connectivity index (χ2v) is 2.59. The second kappa shape index (κ2) is 4.19. The Bertz CT molecular complexity index is 310. The molecule has 0 saturated heterocycles. The lowest BCUT2D eigenvalue weighted by atomic mass is 10.1. The van der Waals surface area contributed by atoms with Crippen molar-refractivity contribution in [3.05, 3.63) is 35.9 Å².